The van der Waals surface area contributed by atoms with Crippen LogP contribution in [0.3, 0.4) is 0 Å². The van der Waals surface area contributed by atoms with Gasteiger partial charge in [0.15, 0.2) is 5.13 Å². The first-order valence-electron chi connectivity index (χ1n) is 5.67. The highest BCUT2D eigenvalue weighted by atomic mass is 32.1. The molecule has 1 aromatic heterocycles. The first-order valence-corrected chi connectivity index (χ1v) is 6.48. The molecule has 1 saturated heterocycles. The molecule has 2 rings (SSSR count). The maximum absolute atomic E-state index is 4.46. The summed E-state index contributed by atoms with van der Waals surface area (Å²) in [5.41, 5.74) is 1.15. The summed E-state index contributed by atoms with van der Waals surface area (Å²) >= 11 is 1.75. The van der Waals surface area contributed by atoms with Gasteiger partial charge < -0.3 is 10.6 Å². The fraction of sp³-hybridized carbons (Fsp3) is 0.727. The molecule has 4 heteroatoms. The molecule has 2 N–H and O–H groups in total. The highest BCUT2D eigenvalue weighted by Crippen LogP contribution is 2.21. The number of thiazole rings is 1. The molecule has 0 aromatic carbocycles. The Labute approximate surface area is 95.3 Å². The average molecular weight is 225 g/mol. The molecule has 0 saturated carbocycles. The van der Waals surface area contributed by atoms with E-state index in [2.05, 4.69) is 29.5 Å². The third kappa shape index (κ3) is 2.92. The Kier molecular flexibility index (Phi) is 3.59. The highest BCUT2D eigenvalue weighted by molar-refractivity contribution is 7.15. The first kappa shape index (κ1) is 10.9. The second-order valence-corrected chi connectivity index (χ2v) is 5.37. The molecule has 1 aliphatic rings. The lowest BCUT2D eigenvalue weighted by Crippen LogP contribution is -2.24. The maximum atomic E-state index is 4.46. The Bertz CT molecular complexity index is 296. The Morgan fingerprint density at radius 1 is 1.53 bits per heavy atom. The summed E-state index contributed by atoms with van der Waals surface area (Å²) in [6.07, 6.45) is 3.87. The van der Waals surface area contributed by atoms with Gasteiger partial charge in [-0.15, -0.1) is 11.3 Å². The minimum atomic E-state index is 0.722. The van der Waals surface area contributed by atoms with Gasteiger partial charge in [-0.2, -0.15) is 0 Å². The minimum absolute atomic E-state index is 0.722. The SMILES string of the molecule is Cc1nc(NCC[C@H]2CCCN2)sc1C. The van der Waals surface area contributed by atoms with Gasteiger partial charge in [0.05, 0.1) is 5.69 Å². The standard InChI is InChI=1S/C11H19N3S/c1-8-9(2)15-11(14-8)13-7-5-10-4-3-6-12-10/h10,12H,3-7H2,1-2H3,(H,13,14)/t10-/m1/s1. The second kappa shape index (κ2) is 4.94. The Morgan fingerprint density at radius 2 is 2.40 bits per heavy atom. The first-order chi connectivity index (χ1) is 7.25. The number of anilines is 1. The molecule has 84 valence electrons. The van der Waals surface area contributed by atoms with Crippen molar-refractivity contribution < 1.29 is 0 Å². The molecule has 0 unspecified atom stereocenters. The Morgan fingerprint density at radius 3 is 3.00 bits per heavy atom. The lowest BCUT2D eigenvalue weighted by Gasteiger charge is -2.09. The van der Waals surface area contributed by atoms with E-state index in [0.29, 0.717) is 0 Å². The van der Waals surface area contributed by atoms with Crippen LogP contribution in [0.5, 0.6) is 0 Å². The lowest BCUT2D eigenvalue weighted by molar-refractivity contribution is 0.574. The van der Waals surface area contributed by atoms with Crippen molar-refractivity contribution in [3.05, 3.63) is 10.6 Å². The van der Waals surface area contributed by atoms with Gasteiger partial charge in [0.1, 0.15) is 0 Å². The third-order valence-electron chi connectivity index (χ3n) is 2.96. The van der Waals surface area contributed by atoms with Gasteiger partial charge in [-0.25, -0.2) is 4.98 Å². The van der Waals surface area contributed by atoms with E-state index >= 15 is 0 Å². The van der Waals surface area contributed by atoms with Crippen LogP contribution < -0.4 is 10.6 Å². The molecule has 2 heterocycles. The molecule has 15 heavy (non-hydrogen) atoms. The van der Waals surface area contributed by atoms with Crippen LogP contribution in [0.2, 0.25) is 0 Å². The average Bonchev–Trinajstić information content (AvgIpc) is 2.79. The molecule has 0 amide bonds. The molecule has 3 nitrogen and oxygen atoms in total. The van der Waals surface area contributed by atoms with Crippen LogP contribution in [0.15, 0.2) is 0 Å². The molecule has 1 atom stereocenters. The second-order valence-electron chi connectivity index (χ2n) is 4.17. The molecule has 1 fully saturated rings. The predicted molar refractivity (Wildman–Crippen MR) is 65.7 cm³/mol. The van der Waals surface area contributed by atoms with E-state index in [1.807, 2.05) is 0 Å². The van der Waals surface area contributed by atoms with Crippen molar-refractivity contribution >= 4 is 16.5 Å². The van der Waals surface area contributed by atoms with Crippen molar-refractivity contribution in [2.24, 2.45) is 0 Å². The molecule has 0 radical (unpaired) electrons. The van der Waals surface area contributed by atoms with Gasteiger partial charge in [-0.1, -0.05) is 0 Å². The smallest absolute Gasteiger partial charge is 0.183 e. The number of nitrogens with zero attached hydrogens (tertiary/aromatic N) is 1. The van der Waals surface area contributed by atoms with E-state index in [-0.39, 0.29) is 0 Å². The Hall–Kier alpha value is -0.610. The molecular formula is C11H19N3S. The van der Waals surface area contributed by atoms with E-state index in [1.54, 1.807) is 11.3 Å². The fourth-order valence-corrected chi connectivity index (χ4v) is 2.74. The zero-order valence-electron chi connectivity index (χ0n) is 9.47. The minimum Gasteiger partial charge on any atom is -0.361 e. The number of rotatable bonds is 4. The fourth-order valence-electron chi connectivity index (χ4n) is 1.90. The summed E-state index contributed by atoms with van der Waals surface area (Å²) in [7, 11) is 0. The summed E-state index contributed by atoms with van der Waals surface area (Å²) < 4.78 is 0. The quantitative estimate of drug-likeness (QED) is 0.825. The molecule has 0 aliphatic carbocycles. The predicted octanol–water partition coefficient (Wildman–Crippen LogP) is 2.31. The summed E-state index contributed by atoms with van der Waals surface area (Å²) in [4.78, 5) is 5.78. The molecule has 0 spiro atoms. The van der Waals surface area contributed by atoms with Crippen LogP contribution in [-0.4, -0.2) is 24.1 Å². The van der Waals surface area contributed by atoms with Gasteiger partial charge in [-0.3, -0.25) is 0 Å². The van der Waals surface area contributed by atoms with Gasteiger partial charge in [-0.05, 0) is 39.7 Å². The largest absolute Gasteiger partial charge is 0.361 e. The number of nitrogens with one attached hydrogen (secondary N) is 2. The van der Waals surface area contributed by atoms with Crippen LogP contribution in [0.25, 0.3) is 0 Å². The van der Waals surface area contributed by atoms with Crippen molar-refractivity contribution in [2.45, 2.75) is 39.2 Å². The maximum Gasteiger partial charge on any atom is 0.183 e. The summed E-state index contributed by atoms with van der Waals surface area (Å²) in [6, 6.07) is 0.722. The number of aromatic nitrogens is 1. The lowest BCUT2D eigenvalue weighted by atomic mass is 10.2. The van der Waals surface area contributed by atoms with Crippen molar-refractivity contribution in [3.63, 3.8) is 0 Å². The van der Waals surface area contributed by atoms with Crippen molar-refractivity contribution in [1.82, 2.24) is 10.3 Å². The van der Waals surface area contributed by atoms with Gasteiger partial charge in [0, 0.05) is 17.5 Å². The van der Waals surface area contributed by atoms with Crippen molar-refractivity contribution in [2.75, 3.05) is 18.4 Å². The Balaban J connectivity index is 1.73. The number of aryl methyl sites for hydroxylation is 2. The summed E-state index contributed by atoms with van der Waals surface area (Å²) in [5.74, 6) is 0. The monoisotopic (exact) mass is 225 g/mol. The molecule has 0 bridgehead atoms. The van der Waals surface area contributed by atoms with Crippen LogP contribution in [0.4, 0.5) is 5.13 Å². The van der Waals surface area contributed by atoms with Gasteiger partial charge in [0.2, 0.25) is 0 Å². The van der Waals surface area contributed by atoms with E-state index < -0.39 is 0 Å². The third-order valence-corrected chi connectivity index (χ3v) is 3.99. The number of hydrogen-bond donors (Lipinski definition) is 2. The van der Waals surface area contributed by atoms with Gasteiger partial charge in [0.25, 0.3) is 0 Å². The topological polar surface area (TPSA) is 37.0 Å². The van der Waals surface area contributed by atoms with Crippen molar-refractivity contribution in [1.29, 1.82) is 0 Å². The normalized spacial score (nSPS) is 20.8. The van der Waals surface area contributed by atoms with E-state index in [1.165, 1.54) is 30.7 Å². The molecule has 1 aliphatic heterocycles. The van der Waals surface area contributed by atoms with E-state index in [0.717, 1.165) is 23.4 Å². The van der Waals surface area contributed by atoms with Crippen LogP contribution in [0, 0.1) is 13.8 Å². The highest BCUT2D eigenvalue weighted by Gasteiger charge is 2.13. The zero-order valence-corrected chi connectivity index (χ0v) is 10.3. The van der Waals surface area contributed by atoms with Crippen LogP contribution in [-0.2, 0) is 0 Å². The molecule has 1 aromatic rings. The van der Waals surface area contributed by atoms with Crippen molar-refractivity contribution in [3.8, 4) is 0 Å². The van der Waals surface area contributed by atoms with Crippen LogP contribution in [0.1, 0.15) is 29.8 Å². The zero-order chi connectivity index (χ0) is 10.7. The molecular weight excluding hydrogens is 206 g/mol. The van der Waals surface area contributed by atoms with E-state index in [4.69, 9.17) is 0 Å². The van der Waals surface area contributed by atoms with Gasteiger partial charge >= 0.3 is 0 Å². The van der Waals surface area contributed by atoms with Crippen LogP contribution >= 0.6 is 11.3 Å². The summed E-state index contributed by atoms with van der Waals surface area (Å²) in [6.45, 7) is 6.41. The van der Waals surface area contributed by atoms with E-state index in [9.17, 15) is 0 Å². The summed E-state index contributed by atoms with van der Waals surface area (Å²) in [5, 5.41) is 7.98. The number of hydrogen-bond acceptors (Lipinski definition) is 4.